The summed E-state index contributed by atoms with van der Waals surface area (Å²) in [5.41, 5.74) is 6.35. The molecule has 8 nitrogen and oxygen atoms in total. The first kappa shape index (κ1) is 34.1. The lowest BCUT2D eigenvalue weighted by Crippen LogP contribution is -2.67. The van der Waals surface area contributed by atoms with Crippen LogP contribution in [-0.4, -0.2) is 46.7 Å². The smallest absolute Gasteiger partial charge is 0.404 e. The van der Waals surface area contributed by atoms with Crippen LogP contribution in [0.1, 0.15) is 36.2 Å². The van der Waals surface area contributed by atoms with Crippen molar-refractivity contribution >= 4 is 52.0 Å². The van der Waals surface area contributed by atoms with E-state index in [4.69, 9.17) is 15.2 Å². The van der Waals surface area contributed by atoms with E-state index in [0.717, 1.165) is 15.9 Å². The summed E-state index contributed by atoms with van der Waals surface area (Å²) in [7, 11) is 0. The van der Waals surface area contributed by atoms with E-state index in [-0.39, 0.29) is 42.7 Å². The van der Waals surface area contributed by atoms with Crippen LogP contribution in [0.2, 0.25) is 0 Å². The molecule has 2 amide bonds. The van der Waals surface area contributed by atoms with Gasteiger partial charge in [0.15, 0.2) is 5.78 Å². The van der Waals surface area contributed by atoms with Gasteiger partial charge in [-0.2, -0.15) is 0 Å². The van der Waals surface area contributed by atoms with Gasteiger partial charge in [0, 0.05) is 18.9 Å². The first-order valence-electron chi connectivity index (χ1n) is 15.8. The minimum Gasteiger partial charge on any atom is -0.457 e. The Morgan fingerprint density at radius 1 is 0.833 bits per heavy atom. The molecule has 0 radical (unpaired) electrons. The van der Waals surface area contributed by atoms with Crippen molar-refractivity contribution in [1.29, 1.82) is 0 Å². The Bertz CT molecular complexity index is 1750. The fourth-order valence-electron chi connectivity index (χ4n) is 6.44. The molecular formula is C39H39N2O6P. The van der Waals surface area contributed by atoms with E-state index in [9.17, 15) is 19.2 Å². The highest BCUT2D eigenvalue weighted by Gasteiger charge is 2.55. The number of β-lactam (4-membered cyclic amide) rings is 1. The van der Waals surface area contributed by atoms with Crippen LogP contribution < -0.4 is 21.6 Å². The van der Waals surface area contributed by atoms with Gasteiger partial charge in [0.25, 0.3) is 0 Å². The molecule has 48 heavy (non-hydrogen) atoms. The number of ether oxygens (including phenoxy) is 2. The van der Waals surface area contributed by atoms with E-state index in [2.05, 4.69) is 6.58 Å². The van der Waals surface area contributed by atoms with Crippen LogP contribution in [0.15, 0.2) is 128 Å². The minimum atomic E-state index is -3.11. The molecule has 4 aromatic rings. The molecule has 2 atom stereocenters. The van der Waals surface area contributed by atoms with Gasteiger partial charge in [-0.1, -0.05) is 136 Å². The van der Waals surface area contributed by atoms with Gasteiger partial charge in [0.2, 0.25) is 5.91 Å². The summed E-state index contributed by atoms with van der Waals surface area (Å²) in [5, 5.41) is 2.59. The number of Topliss-reactive ketones (excluding diaryl/α,β-unsaturated/α-hetero) is 1. The van der Waals surface area contributed by atoms with Crippen LogP contribution in [-0.2, 0) is 25.7 Å². The summed E-state index contributed by atoms with van der Waals surface area (Å²) >= 11 is 0. The lowest BCUT2D eigenvalue weighted by molar-refractivity contribution is -0.153. The van der Waals surface area contributed by atoms with Crippen LogP contribution in [0, 0.1) is 11.8 Å². The molecule has 0 saturated carbocycles. The number of amides is 2. The number of esters is 1. The molecule has 1 saturated heterocycles. The van der Waals surface area contributed by atoms with Crippen molar-refractivity contribution in [2.45, 2.75) is 32.9 Å². The molecule has 1 heterocycles. The number of carbonyl (C=O) groups is 4. The maximum absolute atomic E-state index is 14.6. The molecule has 1 fully saturated rings. The number of carbonyl (C=O) groups excluding carboxylic acids is 4. The largest absolute Gasteiger partial charge is 0.457 e. The Balaban J connectivity index is 1.77. The normalized spacial score (nSPS) is 15.7. The van der Waals surface area contributed by atoms with Gasteiger partial charge in [-0.3, -0.25) is 9.59 Å². The third-order valence-electron chi connectivity index (χ3n) is 8.50. The fourth-order valence-corrected chi connectivity index (χ4v) is 10.8. The van der Waals surface area contributed by atoms with Gasteiger partial charge in [0.1, 0.15) is 18.6 Å². The summed E-state index contributed by atoms with van der Waals surface area (Å²) in [4.78, 5) is 55.7. The number of nitrogens with zero attached hydrogens (tertiary/aromatic N) is 1. The predicted octanol–water partition coefficient (Wildman–Crippen LogP) is 5.19. The van der Waals surface area contributed by atoms with Crippen molar-refractivity contribution in [2.75, 3.05) is 6.61 Å². The molecule has 9 heteroatoms. The first-order valence-corrected chi connectivity index (χ1v) is 17.6. The van der Waals surface area contributed by atoms with Crippen molar-refractivity contribution in [1.82, 2.24) is 4.90 Å². The summed E-state index contributed by atoms with van der Waals surface area (Å²) in [5.74, 6) is -1.71. The maximum atomic E-state index is 14.6. The summed E-state index contributed by atoms with van der Waals surface area (Å²) in [6, 6.07) is 35.3. The van der Waals surface area contributed by atoms with E-state index in [1.54, 1.807) is 29.2 Å². The van der Waals surface area contributed by atoms with E-state index in [0.29, 0.717) is 11.1 Å². The second-order valence-corrected chi connectivity index (χ2v) is 15.2. The zero-order chi connectivity index (χ0) is 34.3. The fraction of sp³-hybridized carbons (Fsp3) is 0.205. The number of nitrogens with two attached hydrogens (primary N) is 1. The van der Waals surface area contributed by atoms with Crippen LogP contribution in [0.3, 0.4) is 0 Å². The highest BCUT2D eigenvalue weighted by molar-refractivity contribution is 7.96. The van der Waals surface area contributed by atoms with Crippen LogP contribution in [0.25, 0.3) is 0 Å². The number of primary amides is 1. The Morgan fingerprint density at radius 3 is 1.85 bits per heavy atom. The topological polar surface area (TPSA) is 116 Å². The number of hydrogen-bond donors (Lipinski definition) is 1. The summed E-state index contributed by atoms with van der Waals surface area (Å²) < 4.78 is 10.8. The van der Waals surface area contributed by atoms with Crippen molar-refractivity contribution in [3.8, 4) is 0 Å². The third-order valence-corrected chi connectivity index (χ3v) is 12.8. The quantitative estimate of drug-likeness (QED) is 0.0693. The third kappa shape index (κ3) is 6.76. The molecule has 0 aliphatic carbocycles. The standard InChI is InChI=1S/C39H39N2O6P/c1-4-23-46-38(44)37(48(30-17-8-5-9-18-30,31-19-10-6-11-20-31)32-21-12-7-13-22-32)41-33(35(27(2)3)36(41)43)25-34(42)29-16-14-15-28(24-29)26-47-39(40)45/h4-22,24,27,33,35H,1,23,25-26H2,2-3H3,(H2,40,45)/t33-,35-/m1/s1. The van der Waals surface area contributed by atoms with Crippen molar-refractivity contribution in [3.63, 3.8) is 0 Å². The van der Waals surface area contributed by atoms with Gasteiger partial charge < -0.3 is 20.1 Å². The van der Waals surface area contributed by atoms with Crippen LogP contribution in [0.4, 0.5) is 4.79 Å². The average molecular weight is 663 g/mol. The highest BCUT2D eigenvalue weighted by Crippen LogP contribution is 2.50. The SMILES string of the molecule is C=CCOC(=O)C(N1C(=O)[C@H](C(C)C)[C@H]1CC(=O)c1cccc(COC(N)=O)c1)=P(c1ccccc1)(c1ccccc1)c1ccccc1. The van der Waals surface area contributed by atoms with E-state index < -0.39 is 30.9 Å². The number of hydrogen-bond acceptors (Lipinski definition) is 6. The summed E-state index contributed by atoms with van der Waals surface area (Å²) in [6.07, 6.45) is 0.544. The van der Waals surface area contributed by atoms with Crippen molar-refractivity contribution < 1.29 is 28.7 Å². The van der Waals surface area contributed by atoms with Crippen LogP contribution >= 0.6 is 6.89 Å². The molecule has 1 aliphatic heterocycles. The van der Waals surface area contributed by atoms with Gasteiger partial charge in [0.05, 0.1) is 12.0 Å². The number of likely N-dealkylation sites (tertiary alicyclic amines) is 1. The van der Waals surface area contributed by atoms with E-state index in [1.807, 2.05) is 105 Å². The predicted molar refractivity (Wildman–Crippen MR) is 190 cm³/mol. The first-order chi connectivity index (χ1) is 23.2. The van der Waals surface area contributed by atoms with Gasteiger partial charge in [-0.05, 0) is 33.5 Å². The number of ketones is 1. The molecule has 4 aromatic carbocycles. The molecule has 0 aromatic heterocycles. The van der Waals surface area contributed by atoms with Gasteiger partial charge in [-0.15, -0.1) is 0 Å². The lowest BCUT2D eigenvalue weighted by Gasteiger charge is -2.51. The van der Waals surface area contributed by atoms with Crippen molar-refractivity contribution in [2.24, 2.45) is 17.6 Å². The molecule has 0 spiro atoms. The molecule has 0 bridgehead atoms. The summed E-state index contributed by atoms with van der Waals surface area (Å²) in [6.45, 7) is 4.39. The average Bonchev–Trinajstić information content (AvgIpc) is 3.10. The van der Waals surface area contributed by atoms with Crippen LogP contribution in [0.5, 0.6) is 0 Å². The Labute approximate surface area is 281 Å². The van der Waals surface area contributed by atoms with Gasteiger partial charge in [-0.25, -0.2) is 9.59 Å². The number of benzene rings is 4. The zero-order valence-electron chi connectivity index (χ0n) is 27.0. The molecule has 2 N–H and O–H groups in total. The number of rotatable bonds is 13. The zero-order valence-corrected chi connectivity index (χ0v) is 27.9. The molecule has 246 valence electrons. The molecule has 5 rings (SSSR count). The highest BCUT2D eigenvalue weighted by atomic mass is 31.2. The second kappa shape index (κ2) is 15.1. The minimum absolute atomic E-state index is 0.0364. The second-order valence-electron chi connectivity index (χ2n) is 11.9. The van der Waals surface area contributed by atoms with Crippen molar-refractivity contribution in [3.05, 3.63) is 139 Å². The monoisotopic (exact) mass is 662 g/mol. The molecule has 0 unspecified atom stereocenters. The Kier molecular flexibility index (Phi) is 10.8. The molecule has 1 aliphatic rings. The van der Waals surface area contributed by atoms with Gasteiger partial charge >= 0.3 is 12.1 Å². The Hall–Kier alpha value is -5.20. The maximum Gasteiger partial charge on any atom is 0.404 e. The van der Waals surface area contributed by atoms with E-state index >= 15 is 0 Å². The molecular weight excluding hydrogens is 623 g/mol. The Morgan fingerprint density at radius 2 is 1.38 bits per heavy atom. The lowest BCUT2D eigenvalue weighted by atomic mass is 9.76. The van der Waals surface area contributed by atoms with E-state index in [1.165, 1.54) is 6.08 Å².